The van der Waals surface area contributed by atoms with Gasteiger partial charge in [0, 0.05) is 30.4 Å². The van der Waals surface area contributed by atoms with Crippen molar-refractivity contribution in [3.05, 3.63) is 22.5 Å². The first-order chi connectivity index (χ1) is 12.0. The number of amides is 1. The van der Waals surface area contributed by atoms with Gasteiger partial charge >= 0.3 is 5.97 Å². The average Bonchev–Trinajstić information content (AvgIpc) is 3.15. The number of esters is 1. The maximum Gasteiger partial charge on any atom is 0.340 e. The predicted octanol–water partition coefficient (Wildman–Crippen LogP) is 2.34. The Morgan fingerprint density at radius 2 is 2.08 bits per heavy atom. The van der Waals surface area contributed by atoms with E-state index in [2.05, 4.69) is 22.1 Å². The second-order valence-electron chi connectivity index (χ2n) is 6.68. The number of hydrogen-bond donors (Lipinski definition) is 2. The number of carbonyl (C=O) groups is 2. The summed E-state index contributed by atoms with van der Waals surface area (Å²) in [6.45, 7) is 11.0. The van der Waals surface area contributed by atoms with Gasteiger partial charge in [0.15, 0.2) is 0 Å². The quantitative estimate of drug-likeness (QED) is 0.707. The van der Waals surface area contributed by atoms with Crippen LogP contribution in [0.4, 0.5) is 0 Å². The van der Waals surface area contributed by atoms with E-state index in [0.717, 1.165) is 43.0 Å². The van der Waals surface area contributed by atoms with Crippen LogP contribution < -0.4 is 5.32 Å². The molecule has 1 amide bonds. The molecule has 1 fully saturated rings. The third-order valence-corrected chi connectivity index (χ3v) is 5.06. The Morgan fingerprint density at radius 1 is 1.32 bits per heavy atom. The van der Waals surface area contributed by atoms with Crippen LogP contribution in [-0.4, -0.2) is 54.0 Å². The van der Waals surface area contributed by atoms with E-state index < -0.39 is 0 Å². The number of rotatable bonds is 8. The zero-order valence-corrected chi connectivity index (χ0v) is 15.9. The van der Waals surface area contributed by atoms with Crippen LogP contribution in [0.3, 0.4) is 0 Å². The lowest BCUT2D eigenvalue weighted by molar-refractivity contribution is -0.121. The lowest BCUT2D eigenvalue weighted by atomic mass is 10.1. The molecule has 0 spiro atoms. The molecule has 2 N–H and O–H groups in total. The fourth-order valence-electron chi connectivity index (χ4n) is 3.68. The Morgan fingerprint density at radius 3 is 2.76 bits per heavy atom. The van der Waals surface area contributed by atoms with Gasteiger partial charge in [-0.15, -0.1) is 0 Å². The van der Waals surface area contributed by atoms with Gasteiger partial charge < -0.3 is 15.0 Å². The molecule has 1 aliphatic rings. The second kappa shape index (κ2) is 9.04. The average molecular weight is 349 g/mol. The Kier molecular flexibility index (Phi) is 7.05. The minimum atomic E-state index is -0.301. The van der Waals surface area contributed by atoms with Crippen molar-refractivity contribution < 1.29 is 14.3 Å². The highest BCUT2D eigenvalue weighted by Gasteiger charge is 2.23. The van der Waals surface area contributed by atoms with Gasteiger partial charge in [0.1, 0.15) is 0 Å². The number of likely N-dealkylation sites (N-methyl/N-ethyl adjacent to an activating group) is 1. The Labute approximate surface area is 150 Å². The number of nitrogens with zero attached hydrogens (tertiary/aromatic N) is 1. The van der Waals surface area contributed by atoms with Crippen molar-refractivity contribution in [3.63, 3.8) is 0 Å². The van der Waals surface area contributed by atoms with E-state index in [4.69, 9.17) is 4.74 Å². The van der Waals surface area contributed by atoms with Gasteiger partial charge in [-0.3, -0.25) is 9.69 Å². The highest BCUT2D eigenvalue weighted by molar-refractivity contribution is 5.92. The van der Waals surface area contributed by atoms with Crippen molar-refractivity contribution in [1.82, 2.24) is 15.2 Å². The number of likely N-dealkylation sites (tertiary alicyclic amines) is 1. The summed E-state index contributed by atoms with van der Waals surface area (Å²) in [6, 6.07) is 0.471. The van der Waals surface area contributed by atoms with Crippen LogP contribution in [-0.2, 0) is 16.0 Å². The molecule has 1 aromatic rings. The lowest BCUT2D eigenvalue weighted by Gasteiger charge is -2.22. The lowest BCUT2D eigenvalue weighted by Crippen LogP contribution is -2.40. The number of H-pyrrole nitrogens is 1. The van der Waals surface area contributed by atoms with E-state index in [-0.39, 0.29) is 11.9 Å². The van der Waals surface area contributed by atoms with Crippen LogP contribution in [0.1, 0.15) is 60.4 Å². The summed E-state index contributed by atoms with van der Waals surface area (Å²) >= 11 is 0. The summed E-state index contributed by atoms with van der Waals surface area (Å²) in [7, 11) is 0. The first kappa shape index (κ1) is 19.5. The first-order valence-electron chi connectivity index (χ1n) is 9.33. The minimum absolute atomic E-state index is 0.0623. The van der Waals surface area contributed by atoms with Gasteiger partial charge in [0.25, 0.3) is 0 Å². The van der Waals surface area contributed by atoms with Gasteiger partial charge in [-0.05, 0) is 58.7 Å². The molecule has 0 radical (unpaired) electrons. The summed E-state index contributed by atoms with van der Waals surface area (Å²) in [6.07, 6.45) is 3.39. The van der Waals surface area contributed by atoms with Gasteiger partial charge in [0.05, 0.1) is 12.2 Å². The van der Waals surface area contributed by atoms with Crippen molar-refractivity contribution in [2.45, 2.75) is 59.4 Å². The molecule has 0 saturated carbocycles. The molecular weight excluding hydrogens is 318 g/mol. The largest absolute Gasteiger partial charge is 0.462 e. The van der Waals surface area contributed by atoms with Crippen molar-refractivity contribution in [2.75, 3.05) is 26.2 Å². The van der Waals surface area contributed by atoms with Crippen LogP contribution in [0.2, 0.25) is 0 Å². The van der Waals surface area contributed by atoms with Crippen LogP contribution in [0.5, 0.6) is 0 Å². The molecule has 0 bridgehead atoms. The number of carbonyl (C=O) groups excluding carboxylic acids is 2. The third-order valence-electron chi connectivity index (χ3n) is 5.06. The maximum absolute atomic E-state index is 12.2. The number of hydrogen-bond acceptors (Lipinski definition) is 4. The standard InChI is InChI=1S/C19H31N3O3/c1-5-22-11-7-8-15(22)12-20-17(23)10-9-16-13(3)18(14(4)21-16)19(24)25-6-2/h15,21H,5-12H2,1-4H3,(H,20,23). The van der Waals surface area contributed by atoms with Gasteiger partial charge in [-0.25, -0.2) is 4.79 Å². The molecule has 1 unspecified atom stereocenters. The highest BCUT2D eigenvalue weighted by atomic mass is 16.5. The van der Waals surface area contributed by atoms with E-state index in [1.54, 1.807) is 6.92 Å². The van der Waals surface area contributed by atoms with Crippen LogP contribution in [0.15, 0.2) is 0 Å². The molecule has 0 aromatic carbocycles. The fraction of sp³-hybridized carbons (Fsp3) is 0.684. The summed E-state index contributed by atoms with van der Waals surface area (Å²) < 4.78 is 5.10. The van der Waals surface area contributed by atoms with Gasteiger partial charge in [-0.2, -0.15) is 0 Å². The fourth-order valence-corrected chi connectivity index (χ4v) is 3.68. The zero-order chi connectivity index (χ0) is 18.4. The Balaban J connectivity index is 1.85. The van der Waals surface area contributed by atoms with E-state index in [9.17, 15) is 9.59 Å². The molecule has 140 valence electrons. The van der Waals surface area contributed by atoms with Crippen LogP contribution in [0.25, 0.3) is 0 Å². The van der Waals surface area contributed by atoms with Crippen molar-refractivity contribution in [2.24, 2.45) is 0 Å². The maximum atomic E-state index is 12.2. The molecule has 2 heterocycles. The molecule has 1 atom stereocenters. The van der Waals surface area contributed by atoms with E-state index in [1.165, 1.54) is 6.42 Å². The molecule has 1 aromatic heterocycles. The van der Waals surface area contributed by atoms with E-state index in [1.807, 2.05) is 13.8 Å². The SMILES string of the molecule is CCOC(=O)c1c(C)[nH]c(CCC(=O)NCC2CCCN2CC)c1C. The number of aryl methyl sites for hydroxylation is 2. The van der Waals surface area contributed by atoms with Crippen LogP contribution in [0, 0.1) is 13.8 Å². The number of ether oxygens (including phenoxy) is 1. The number of aromatic amines is 1. The monoisotopic (exact) mass is 349 g/mol. The highest BCUT2D eigenvalue weighted by Crippen LogP contribution is 2.20. The molecule has 6 heteroatoms. The summed E-state index contributed by atoms with van der Waals surface area (Å²) in [5.74, 6) is -0.238. The van der Waals surface area contributed by atoms with Gasteiger partial charge in [-0.1, -0.05) is 6.92 Å². The Hall–Kier alpha value is -1.82. The molecule has 1 aliphatic heterocycles. The molecule has 2 rings (SSSR count). The molecule has 1 saturated heterocycles. The Bertz CT molecular complexity index is 609. The zero-order valence-electron chi connectivity index (χ0n) is 15.9. The van der Waals surface area contributed by atoms with Crippen molar-refractivity contribution in [1.29, 1.82) is 0 Å². The first-order valence-corrected chi connectivity index (χ1v) is 9.33. The van der Waals surface area contributed by atoms with E-state index >= 15 is 0 Å². The predicted molar refractivity (Wildman–Crippen MR) is 97.8 cm³/mol. The molecular formula is C19H31N3O3. The summed E-state index contributed by atoms with van der Waals surface area (Å²) in [5, 5.41) is 3.06. The van der Waals surface area contributed by atoms with E-state index in [0.29, 0.717) is 31.1 Å². The van der Waals surface area contributed by atoms with Crippen molar-refractivity contribution in [3.8, 4) is 0 Å². The van der Waals surface area contributed by atoms with Crippen molar-refractivity contribution >= 4 is 11.9 Å². The smallest absolute Gasteiger partial charge is 0.340 e. The molecule has 6 nitrogen and oxygen atoms in total. The third kappa shape index (κ3) is 4.84. The number of aromatic nitrogens is 1. The molecule has 0 aliphatic carbocycles. The number of nitrogens with one attached hydrogen (secondary N) is 2. The topological polar surface area (TPSA) is 74.4 Å². The summed E-state index contributed by atoms with van der Waals surface area (Å²) in [4.78, 5) is 29.8. The van der Waals surface area contributed by atoms with Crippen LogP contribution >= 0.6 is 0 Å². The minimum Gasteiger partial charge on any atom is -0.462 e. The summed E-state index contributed by atoms with van der Waals surface area (Å²) in [5.41, 5.74) is 3.22. The second-order valence-corrected chi connectivity index (χ2v) is 6.68. The van der Waals surface area contributed by atoms with Gasteiger partial charge in [0.2, 0.25) is 5.91 Å². The normalized spacial score (nSPS) is 17.7. The molecule has 25 heavy (non-hydrogen) atoms.